The number of rotatable bonds is 4. The van der Waals surface area contributed by atoms with Crippen LogP contribution in [0.25, 0.3) is 16.9 Å². The van der Waals surface area contributed by atoms with E-state index < -0.39 is 11.9 Å². The van der Waals surface area contributed by atoms with Gasteiger partial charge in [-0.15, -0.1) is 0 Å². The summed E-state index contributed by atoms with van der Waals surface area (Å²) in [5, 5.41) is 4.01. The lowest BCUT2D eigenvalue weighted by Gasteiger charge is -2.34. The third kappa shape index (κ3) is 4.51. The predicted molar refractivity (Wildman–Crippen MR) is 121 cm³/mol. The lowest BCUT2D eigenvalue weighted by atomic mass is 10.1. The Morgan fingerprint density at radius 3 is 2.18 bits per heavy atom. The fraction of sp³-hybridized carbons (Fsp3) is 0.240. The van der Waals surface area contributed by atoms with E-state index in [4.69, 9.17) is 0 Å². The summed E-state index contributed by atoms with van der Waals surface area (Å²) in [7, 11) is 0. The zero-order valence-electron chi connectivity index (χ0n) is 18.2. The molecule has 4 aromatic rings. The van der Waals surface area contributed by atoms with Gasteiger partial charge in [0.2, 0.25) is 0 Å². The van der Waals surface area contributed by atoms with Crippen molar-refractivity contribution in [2.24, 2.45) is 0 Å². The highest BCUT2D eigenvalue weighted by Crippen LogP contribution is 2.32. The number of hydrogen-bond acceptors (Lipinski definition) is 4. The number of hydrogen-bond donors (Lipinski definition) is 0. The van der Waals surface area contributed by atoms with Gasteiger partial charge in [-0.05, 0) is 11.6 Å². The molecule has 5 rings (SSSR count). The number of halogens is 3. The molecule has 0 saturated carbocycles. The fourth-order valence-electron chi connectivity index (χ4n) is 4.15. The number of alkyl halides is 3. The molecular formula is C25H22F3N5O. The monoisotopic (exact) mass is 465 g/mol. The molecule has 1 aliphatic rings. The number of nitrogens with zero attached hydrogens (tertiary/aromatic N) is 5. The maximum Gasteiger partial charge on any atom is 0.433 e. The molecule has 1 saturated heterocycles. The highest BCUT2D eigenvalue weighted by molar-refractivity contribution is 5.93. The zero-order chi connectivity index (χ0) is 23.7. The summed E-state index contributed by atoms with van der Waals surface area (Å²) in [5.41, 5.74) is 0.901. The average Bonchev–Trinajstić information content (AvgIpc) is 3.28. The Labute approximate surface area is 194 Å². The molecular weight excluding hydrogens is 443 g/mol. The molecule has 9 heteroatoms. The number of piperazine rings is 1. The Kier molecular flexibility index (Phi) is 5.79. The Hall–Kier alpha value is -3.72. The van der Waals surface area contributed by atoms with Crippen molar-refractivity contribution < 1.29 is 18.0 Å². The molecule has 1 fully saturated rings. The highest BCUT2D eigenvalue weighted by Gasteiger charge is 2.36. The Morgan fingerprint density at radius 2 is 1.53 bits per heavy atom. The van der Waals surface area contributed by atoms with Gasteiger partial charge in [0, 0.05) is 44.4 Å². The van der Waals surface area contributed by atoms with E-state index in [-0.39, 0.29) is 22.9 Å². The SMILES string of the molecule is O=C(c1cc2nc(-c3ccccc3)cc(C(F)(F)F)n2n1)N1CCN(Cc2ccccc2)CC1. The van der Waals surface area contributed by atoms with Gasteiger partial charge in [0.1, 0.15) is 0 Å². The van der Waals surface area contributed by atoms with Gasteiger partial charge in [-0.1, -0.05) is 60.7 Å². The van der Waals surface area contributed by atoms with Crippen molar-refractivity contribution in [1.29, 1.82) is 0 Å². The van der Waals surface area contributed by atoms with Crippen LogP contribution in [0.5, 0.6) is 0 Å². The van der Waals surface area contributed by atoms with Crippen LogP contribution >= 0.6 is 0 Å². The number of benzene rings is 2. The number of aromatic nitrogens is 3. The summed E-state index contributed by atoms with van der Waals surface area (Å²) >= 11 is 0. The fourth-order valence-corrected chi connectivity index (χ4v) is 4.15. The molecule has 1 aliphatic heterocycles. The first-order chi connectivity index (χ1) is 16.4. The maximum atomic E-state index is 13.8. The number of fused-ring (bicyclic) bond motifs is 1. The van der Waals surface area contributed by atoms with Crippen molar-refractivity contribution in [1.82, 2.24) is 24.4 Å². The van der Waals surface area contributed by atoms with Crippen molar-refractivity contribution >= 4 is 11.6 Å². The normalized spacial score (nSPS) is 15.1. The topological polar surface area (TPSA) is 53.7 Å². The summed E-state index contributed by atoms with van der Waals surface area (Å²) in [6, 6.07) is 21.0. The molecule has 0 aliphatic carbocycles. The minimum atomic E-state index is -4.65. The second-order valence-electron chi connectivity index (χ2n) is 8.24. The molecule has 1 amide bonds. The van der Waals surface area contributed by atoms with Gasteiger partial charge in [-0.25, -0.2) is 9.50 Å². The van der Waals surface area contributed by atoms with Crippen molar-refractivity contribution in [3.8, 4) is 11.3 Å². The van der Waals surface area contributed by atoms with E-state index in [0.717, 1.165) is 12.6 Å². The van der Waals surface area contributed by atoms with Crippen molar-refractivity contribution in [2.45, 2.75) is 12.7 Å². The van der Waals surface area contributed by atoms with Gasteiger partial charge in [-0.2, -0.15) is 18.3 Å². The molecule has 0 atom stereocenters. The molecule has 0 N–H and O–H groups in total. The van der Waals surface area contributed by atoms with Gasteiger partial charge in [0.25, 0.3) is 5.91 Å². The lowest BCUT2D eigenvalue weighted by molar-refractivity contribution is -0.142. The molecule has 0 radical (unpaired) electrons. The lowest BCUT2D eigenvalue weighted by Crippen LogP contribution is -2.48. The standard InChI is InChI=1S/C25H22F3N5O/c26-25(27,28)22-15-20(19-9-5-2-6-10-19)29-23-16-21(30-33(22)23)24(34)32-13-11-31(12-14-32)17-18-7-3-1-4-8-18/h1-10,15-16H,11-14,17H2. The van der Waals surface area contributed by atoms with E-state index in [1.807, 2.05) is 18.2 Å². The third-order valence-corrected chi connectivity index (χ3v) is 5.91. The molecule has 174 valence electrons. The van der Waals surface area contributed by atoms with Crippen LogP contribution in [-0.2, 0) is 12.7 Å². The number of carbonyl (C=O) groups is 1. The van der Waals surface area contributed by atoms with Crippen LogP contribution in [0.4, 0.5) is 13.2 Å². The zero-order valence-corrected chi connectivity index (χ0v) is 18.2. The van der Waals surface area contributed by atoms with Crippen LogP contribution < -0.4 is 0 Å². The van der Waals surface area contributed by atoms with Crippen molar-refractivity contribution in [3.63, 3.8) is 0 Å². The highest BCUT2D eigenvalue weighted by atomic mass is 19.4. The van der Waals surface area contributed by atoms with Crippen LogP contribution in [0.3, 0.4) is 0 Å². The van der Waals surface area contributed by atoms with Gasteiger partial charge in [0.15, 0.2) is 17.0 Å². The Bertz CT molecular complexity index is 1300. The summed E-state index contributed by atoms with van der Waals surface area (Å²) in [6.45, 7) is 3.11. The van der Waals surface area contributed by atoms with E-state index in [9.17, 15) is 18.0 Å². The minimum absolute atomic E-state index is 0.0141. The molecule has 2 aromatic heterocycles. The van der Waals surface area contributed by atoms with E-state index in [0.29, 0.717) is 36.3 Å². The summed E-state index contributed by atoms with van der Waals surface area (Å²) in [6.07, 6.45) is -4.65. The van der Waals surface area contributed by atoms with Gasteiger partial charge < -0.3 is 4.90 Å². The van der Waals surface area contributed by atoms with E-state index in [1.165, 1.54) is 11.6 Å². The average molecular weight is 465 g/mol. The summed E-state index contributed by atoms with van der Waals surface area (Å²) in [4.78, 5) is 21.3. The van der Waals surface area contributed by atoms with Gasteiger partial charge in [0.05, 0.1) is 5.69 Å². The number of amides is 1. The predicted octanol–water partition coefficient (Wildman–Crippen LogP) is 4.37. The molecule has 0 unspecified atom stereocenters. The third-order valence-electron chi connectivity index (χ3n) is 5.91. The smallest absolute Gasteiger partial charge is 0.335 e. The first-order valence-electron chi connectivity index (χ1n) is 11.0. The van der Waals surface area contributed by atoms with Crippen molar-refractivity contribution in [3.05, 3.63) is 89.7 Å². The largest absolute Gasteiger partial charge is 0.433 e. The second-order valence-corrected chi connectivity index (χ2v) is 8.24. The van der Waals surface area contributed by atoms with Gasteiger partial charge in [-0.3, -0.25) is 9.69 Å². The molecule has 2 aromatic carbocycles. The first-order valence-corrected chi connectivity index (χ1v) is 11.0. The van der Waals surface area contributed by atoms with E-state index in [2.05, 4.69) is 27.1 Å². The summed E-state index contributed by atoms with van der Waals surface area (Å²) < 4.78 is 42.1. The molecule has 0 bridgehead atoms. The Morgan fingerprint density at radius 1 is 0.882 bits per heavy atom. The quantitative estimate of drug-likeness (QED) is 0.449. The van der Waals surface area contributed by atoms with E-state index >= 15 is 0 Å². The van der Waals surface area contributed by atoms with Crippen molar-refractivity contribution in [2.75, 3.05) is 26.2 Å². The maximum absolute atomic E-state index is 13.8. The van der Waals surface area contributed by atoms with E-state index in [1.54, 1.807) is 35.2 Å². The summed E-state index contributed by atoms with van der Waals surface area (Å²) in [5.74, 6) is -0.390. The van der Waals surface area contributed by atoms with Crippen LogP contribution in [-0.4, -0.2) is 56.5 Å². The van der Waals surface area contributed by atoms with Crippen LogP contribution in [0.1, 0.15) is 21.7 Å². The molecule has 6 nitrogen and oxygen atoms in total. The van der Waals surface area contributed by atoms with Gasteiger partial charge >= 0.3 is 6.18 Å². The van der Waals surface area contributed by atoms with Crippen LogP contribution in [0.15, 0.2) is 72.8 Å². The second kappa shape index (κ2) is 8.90. The Balaban J connectivity index is 1.38. The minimum Gasteiger partial charge on any atom is -0.335 e. The first kappa shape index (κ1) is 22.1. The molecule has 3 heterocycles. The number of carbonyl (C=O) groups excluding carboxylic acids is 1. The van der Waals surface area contributed by atoms with Crippen LogP contribution in [0.2, 0.25) is 0 Å². The molecule has 0 spiro atoms. The molecule has 34 heavy (non-hydrogen) atoms. The van der Waals surface area contributed by atoms with Crippen LogP contribution in [0, 0.1) is 0 Å².